The first-order valence-corrected chi connectivity index (χ1v) is 10.0. The zero-order chi connectivity index (χ0) is 19.4. The average molecular weight is 412 g/mol. The molecule has 2 atom stereocenters. The molecule has 1 fully saturated rings. The van der Waals surface area contributed by atoms with Crippen molar-refractivity contribution in [2.45, 2.75) is 39.1 Å². The summed E-state index contributed by atoms with van der Waals surface area (Å²) in [6, 6.07) is 8.43. The number of thiophene rings is 1. The zero-order valence-corrected chi connectivity index (χ0v) is 16.9. The molecule has 1 aromatic heterocycles. The van der Waals surface area contributed by atoms with Crippen molar-refractivity contribution in [3.63, 3.8) is 0 Å². The maximum atomic E-state index is 14.6. The van der Waals surface area contributed by atoms with E-state index >= 15 is 0 Å². The summed E-state index contributed by atoms with van der Waals surface area (Å²) in [5.74, 6) is -0.288. The smallest absolute Gasteiger partial charge is 0.315 e. The molecule has 1 aliphatic heterocycles. The van der Waals surface area contributed by atoms with Crippen LogP contribution in [0, 0.1) is 5.82 Å². The van der Waals surface area contributed by atoms with Gasteiger partial charge < -0.3 is 20.3 Å². The highest BCUT2D eigenvalue weighted by molar-refractivity contribution is 7.16. The van der Waals surface area contributed by atoms with Crippen molar-refractivity contribution in [2.24, 2.45) is 0 Å². The van der Waals surface area contributed by atoms with Crippen LogP contribution in [0.25, 0.3) is 0 Å². The third-order valence-corrected chi connectivity index (χ3v) is 5.51. The standard InChI is InChI=1S/C19H23ClFN3O2S/c1-12-10-24(11-13(2)26-12)17-5-3-14(7-16(17)21)8-22-19(25)23-9-15-4-6-18(20)27-15/h3-7,12-13H,8-11H2,1-2H3,(H2,22,23,25). The molecule has 0 saturated carbocycles. The Bertz CT molecular complexity index is 791. The monoisotopic (exact) mass is 411 g/mol. The molecule has 2 N–H and O–H groups in total. The maximum absolute atomic E-state index is 14.6. The van der Waals surface area contributed by atoms with Crippen molar-refractivity contribution < 1.29 is 13.9 Å². The van der Waals surface area contributed by atoms with Crippen molar-refractivity contribution in [1.82, 2.24) is 10.6 Å². The Kier molecular flexibility index (Phi) is 6.57. The van der Waals surface area contributed by atoms with Gasteiger partial charge in [-0.2, -0.15) is 0 Å². The van der Waals surface area contributed by atoms with Gasteiger partial charge in [-0.05, 0) is 43.7 Å². The van der Waals surface area contributed by atoms with E-state index in [-0.39, 0.29) is 30.6 Å². The second-order valence-electron chi connectivity index (χ2n) is 6.69. The van der Waals surface area contributed by atoms with Gasteiger partial charge in [0.2, 0.25) is 0 Å². The lowest BCUT2D eigenvalue weighted by atomic mass is 10.1. The number of nitrogens with one attached hydrogen (secondary N) is 2. The highest BCUT2D eigenvalue weighted by atomic mass is 35.5. The molecular formula is C19H23ClFN3O2S. The third kappa shape index (κ3) is 5.57. The highest BCUT2D eigenvalue weighted by Gasteiger charge is 2.24. The van der Waals surface area contributed by atoms with Gasteiger partial charge in [-0.25, -0.2) is 9.18 Å². The summed E-state index contributed by atoms with van der Waals surface area (Å²) >= 11 is 7.28. The first-order chi connectivity index (χ1) is 12.9. The van der Waals surface area contributed by atoms with Crippen LogP contribution in [0.1, 0.15) is 24.3 Å². The maximum Gasteiger partial charge on any atom is 0.315 e. The van der Waals surface area contributed by atoms with Crippen molar-refractivity contribution in [1.29, 1.82) is 0 Å². The van der Waals surface area contributed by atoms with E-state index in [1.807, 2.05) is 30.9 Å². The summed E-state index contributed by atoms with van der Waals surface area (Å²) in [6.07, 6.45) is 0.132. The number of hydrogen-bond acceptors (Lipinski definition) is 4. The molecule has 8 heteroatoms. The normalized spacial score (nSPS) is 19.8. The summed E-state index contributed by atoms with van der Waals surface area (Å²) in [5, 5.41) is 5.49. The molecule has 0 radical (unpaired) electrons. The fourth-order valence-corrected chi connectivity index (χ4v) is 4.18. The van der Waals surface area contributed by atoms with E-state index in [9.17, 15) is 9.18 Å². The molecule has 5 nitrogen and oxygen atoms in total. The molecule has 0 spiro atoms. The van der Waals surface area contributed by atoms with Gasteiger partial charge in [0.05, 0.1) is 28.8 Å². The van der Waals surface area contributed by atoms with E-state index < -0.39 is 0 Å². The van der Waals surface area contributed by atoms with Crippen LogP contribution in [0.5, 0.6) is 0 Å². The minimum Gasteiger partial charge on any atom is -0.372 e. The second kappa shape index (κ2) is 8.91. The van der Waals surface area contributed by atoms with Crippen molar-refractivity contribution in [3.05, 3.63) is 50.9 Å². The van der Waals surface area contributed by atoms with Gasteiger partial charge in [0.1, 0.15) is 5.82 Å². The number of anilines is 1. The number of ether oxygens (including phenoxy) is 1. The number of hydrogen-bond donors (Lipinski definition) is 2. The van der Waals surface area contributed by atoms with Crippen LogP contribution in [-0.4, -0.2) is 31.3 Å². The van der Waals surface area contributed by atoms with Crippen molar-refractivity contribution in [3.8, 4) is 0 Å². The summed E-state index contributed by atoms with van der Waals surface area (Å²) < 4.78 is 20.9. The number of halogens is 2. The van der Waals surface area contributed by atoms with Crippen LogP contribution >= 0.6 is 22.9 Å². The molecule has 1 saturated heterocycles. The van der Waals surface area contributed by atoms with Crippen LogP contribution < -0.4 is 15.5 Å². The molecule has 2 unspecified atom stereocenters. The molecule has 1 aromatic carbocycles. The lowest BCUT2D eigenvalue weighted by Gasteiger charge is -2.37. The Balaban J connectivity index is 1.52. The third-order valence-electron chi connectivity index (χ3n) is 4.28. The highest BCUT2D eigenvalue weighted by Crippen LogP contribution is 2.24. The second-order valence-corrected chi connectivity index (χ2v) is 8.49. The molecule has 2 amide bonds. The predicted octanol–water partition coefficient (Wildman–Crippen LogP) is 4.15. The topological polar surface area (TPSA) is 53.6 Å². The number of benzene rings is 1. The van der Waals surface area contributed by atoms with Gasteiger partial charge in [0.15, 0.2) is 0 Å². The van der Waals surface area contributed by atoms with E-state index in [4.69, 9.17) is 16.3 Å². The SMILES string of the molecule is CC1CN(c2ccc(CNC(=O)NCc3ccc(Cl)s3)cc2F)CC(C)O1. The number of nitrogens with zero attached hydrogens (tertiary/aromatic N) is 1. The number of carbonyl (C=O) groups excluding carboxylic acids is 1. The van der Waals surface area contributed by atoms with Crippen molar-refractivity contribution >= 4 is 34.7 Å². The summed E-state index contributed by atoms with van der Waals surface area (Å²) in [7, 11) is 0. The fourth-order valence-electron chi connectivity index (χ4n) is 3.15. The molecule has 1 aliphatic rings. The van der Waals surface area contributed by atoms with Gasteiger partial charge in [-0.3, -0.25) is 0 Å². The number of morpholine rings is 1. The Morgan fingerprint density at radius 3 is 2.56 bits per heavy atom. The lowest BCUT2D eigenvalue weighted by Crippen LogP contribution is -2.45. The number of carbonyl (C=O) groups is 1. The quantitative estimate of drug-likeness (QED) is 0.777. The Hall–Kier alpha value is -1.83. The van der Waals surface area contributed by atoms with Gasteiger partial charge >= 0.3 is 6.03 Å². The molecule has 0 bridgehead atoms. The Morgan fingerprint density at radius 1 is 1.22 bits per heavy atom. The summed E-state index contributed by atoms with van der Waals surface area (Å²) in [4.78, 5) is 14.9. The molecule has 2 heterocycles. The largest absolute Gasteiger partial charge is 0.372 e. The average Bonchev–Trinajstić information content (AvgIpc) is 3.02. The molecule has 2 aromatic rings. The van der Waals surface area contributed by atoms with Crippen LogP contribution in [-0.2, 0) is 17.8 Å². The van der Waals surface area contributed by atoms with E-state index in [0.29, 0.717) is 35.2 Å². The molecule has 0 aliphatic carbocycles. The first kappa shape index (κ1) is 19.9. The molecule has 3 rings (SSSR count). The zero-order valence-electron chi connectivity index (χ0n) is 15.3. The molecular weight excluding hydrogens is 389 g/mol. The van der Waals surface area contributed by atoms with Crippen LogP contribution in [0.2, 0.25) is 4.34 Å². The number of urea groups is 1. The van der Waals surface area contributed by atoms with E-state index in [2.05, 4.69) is 10.6 Å². The summed E-state index contributed by atoms with van der Waals surface area (Å²) in [6.45, 7) is 5.96. The Labute approximate surface area is 167 Å². The number of amides is 2. The molecule has 27 heavy (non-hydrogen) atoms. The van der Waals surface area contributed by atoms with Gasteiger partial charge in [-0.1, -0.05) is 17.7 Å². The Morgan fingerprint density at radius 2 is 1.93 bits per heavy atom. The lowest BCUT2D eigenvalue weighted by molar-refractivity contribution is -0.00539. The van der Waals surface area contributed by atoms with E-state index in [0.717, 1.165) is 4.88 Å². The van der Waals surface area contributed by atoms with E-state index in [1.165, 1.54) is 17.4 Å². The van der Waals surface area contributed by atoms with Crippen molar-refractivity contribution in [2.75, 3.05) is 18.0 Å². The first-order valence-electron chi connectivity index (χ1n) is 8.85. The summed E-state index contributed by atoms with van der Waals surface area (Å²) in [5.41, 5.74) is 1.28. The van der Waals surface area contributed by atoms with E-state index in [1.54, 1.807) is 12.1 Å². The molecule has 146 valence electrons. The predicted molar refractivity (Wildman–Crippen MR) is 107 cm³/mol. The minimum absolute atomic E-state index is 0.0661. The van der Waals surface area contributed by atoms with Crippen LogP contribution in [0.3, 0.4) is 0 Å². The number of rotatable bonds is 5. The van der Waals surface area contributed by atoms with Crippen LogP contribution in [0.4, 0.5) is 14.9 Å². The van der Waals surface area contributed by atoms with Gasteiger partial charge in [0.25, 0.3) is 0 Å². The minimum atomic E-state index is -0.306. The van der Waals surface area contributed by atoms with Gasteiger partial charge in [-0.15, -0.1) is 11.3 Å². The van der Waals surface area contributed by atoms with Gasteiger partial charge in [0, 0.05) is 24.5 Å². The van der Waals surface area contributed by atoms with Crippen LogP contribution in [0.15, 0.2) is 30.3 Å². The fraction of sp³-hybridized carbons (Fsp3) is 0.421.